The van der Waals surface area contributed by atoms with Gasteiger partial charge in [-0.05, 0) is 43.0 Å². The summed E-state index contributed by atoms with van der Waals surface area (Å²) < 4.78 is 5.22. The van der Waals surface area contributed by atoms with Crippen molar-refractivity contribution >= 4 is 0 Å². The van der Waals surface area contributed by atoms with Crippen molar-refractivity contribution in [1.29, 1.82) is 5.26 Å². The van der Waals surface area contributed by atoms with Gasteiger partial charge >= 0.3 is 0 Å². The van der Waals surface area contributed by atoms with Crippen molar-refractivity contribution in [2.24, 2.45) is 5.92 Å². The first-order chi connectivity index (χ1) is 9.83. The van der Waals surface area contributed by atoms with E-state index in [4.69, 9.17) is 10.00 Å². The highest BCUT2D eigenvalue weighted by Gasteiger charge is 2.13. The lowest BCUT2D eigenvalue weighted by atomic mass is 10.0. The molecule has 1 saturated carbocycles. The topological polar surface area (TPSA) is 45.0 Å². The van der Waals surface area contributed by atoms with Crippen molar-refractivity contribution < 1.29 is 4.74 Å². The van der Waals surface area contributed by atoms with Gasteiger partial charge in [0.05, 0.1) is 12.7 Å². The third kappa shape index (κ3) is 4.25. The largest absolute Gasteiger partial charge is 0.495 e. The van der Waals surface area contributed by atoms with Gasteiger partial charge in [-0.15, -0.1) is 0 Å². The molecule has 3 nitrogen and oxygen atoms in total. The van der Waals surface area contributed by atoms with Gasteiger partial charge in [-0.2, -0.15) is 5.26 Å². The molecule has 20 heavy (non-hydrogen) atoms. The standard InChI is InChI=1S/C17H24N2O/c1-20-17-11-15(8-9-16(17)12-18)13-19-10-4-7-14-5-2-3-6-14/h8-9,11,14,19H,2-7,10,13H2,1H3. The van der Waals surface area contributed by atoms with Crippen LogP contribution in [0.15, 0.2) is 18.2 Å². The van der Waals surface area contributed by atoms with Crippen LogP contribution in [0.4, 0.5) is 0 Å². The maximum absolute atomic E-state index is 8.94. The Morgan fingerprint density at radius 1 is 1.35 bits per heavy atom. The summed E-state index contributed by atoms with van der Waals surface area (Å²) in [5, 5.41) is 12.4. The van der Waals surface area contributed by atoms with Crippen molar-refractivity contribution in [1.82, 2.24) is 5.32 Å². The van der Waals surface area contributed by atoms with Crippen LogP contribution in [0.2, 0.25) is 0 Å². The molecule has 0 amide bonds. The van der Waals surface area contributed by atoms with Crippen LogP contribution in [0.5, 0.6) is 5.75 Å². The molecule has 3 heteroatoms. The molecule has 2 rings (SSSR count). The third-order valence-electron chi connectivity index (χ3n) is 4.16. The monoisotopic (exact) mass is 272 g/mol. The molecule has 0 heterocycles. The summed E-state index contributed by atoms with van der Waals surface area (Å²) in [7, 11) is 1.61. The number of hydrogen-bond donors (Lipinski definition) is 1. The summed E-state index contributed by atoms with van der Waals surface area (Å²) in [6, 6.07) is 7.90. The molecule has 1 aliphatic rings. The number of nitrogens with one attached hydrogen (secondary N) is 1. The van der Waals surface area contributed by atoms with Crippen molar-refractivity contribution in [3.05, 3.63) is 29.3 Å². The summed E-state index contributed by atoms with van der Waals surface area (Å²) in [5.74, 6) is 1.64. The number of ether oxygens (including phenoxy) is 1. The summed E-state index contributed by atoms with van der Waals surface area (Å²) in [4.78, 5) is 0. The van der Waals surface area contributed by atoms with E-state index < -0.39 is 0 Å². The third-order valence-corrected chi connectivity index (χ3v) is 4.16. The zero-order valence-corrected chi connectivity index (χ0v) is 12.3. The lowest BCUT2D eigenvalue weighted by Crippen LogP contribution is -2.15. The lowest BCUT2D eigenvalue weighted by Gasteiger charge is -2.10. The second-order valence-corrected chi connectivity index (χ2v) is 5.62. The molecular weight excluding hydrogens is 248 g/mol. The van der Waals surface area contributed by atoms with Gasteiger partial charge in [-0.1, -0.05) is 31.7 Å². The van der Waals surface area contributed by atoms with Gasteiger partial charge in [0.1, 0.15) is 11.8 Å². The van der Waals surface area contributed by atoms with Gasteiger partial charge in [0, 0.05) is 6.54 Å². The van der Waals surface area contributed by atoms with Gasteiger partial charge in [-0.25, -0.2) is 0 Å². The minimum Gasteiger partial charge on any atom is -0.495 e. The average Bonchev–Trinajstić information content (AvgIpc) is 3.00. The molecule has 0 bridgehead atoms. The first-order valence-corrected chi connectivity index (χ1v) is 7.61. The molecule has 1 aromatic rings. The molecule has 0 atom stereocenters. The molecule has 1 aliphatic carbocycles. The van der Waals surface area contributed by atoms with Crippen LogP contribution in [0.1, 0.15) is 49.7 Å². The average molecular weight is 272 g/mol. The minimum atomic E-state index is 0.595. The predicted molar refractivity (Wildman–Crippen MR) is 80.6 cm³/mol. The second kappa shape index (κ2) is 7.91. The smallest absolute Gasteiger partial charge is 0.136 e. The number of benzene rings is 1. The maximum Gasteiger partial charge on any atom is 0.136 e. The van der Waals surface area contributed by atoms with Gasteiger partial charge in [0.2, 0.25) is 0 Å². The van der Waals surface area contributed by atoms with E-state index >= 15 is 0 Å². The van der Waals surface area contributed by atoms with Crippen LogP contribution in [-0.4, -0.2) is 13.7 Å². The fourth-order valence-corrected chi connectivity index (χ4v) is 2.99. The summed E-state index contributed by atoms with van der Waals surface area (Å²) >= 11 is 0. The highest BCUT2D eigenvalue weighted by molar-refractivity contribution is 5.45. The van der Waals surface area contributed by atoms with Crippen molar-refractivity contribution in [2.45, 2.75) is 45.1 Å². The van der Waals surface area contributed by atoms with Gasteiger partial charge in [0.25, 0.3) is 0 Å². The van der Waals surface area contributed by atoms with E-state index in [0.717, 1.165) is 19.0 Å². The summed E-state index contributed by atoms with van der Waals surface area (Å²) in [6.07, 6.45) is 8.37. The van der Waals surface area contributed by atoms with Crippen molar-refractivity contribution in [3.8, 4) is 11.8 Å². The Kier molecular flexibility index (Phi) is 5.88. The van der Waals surface area contributed by atoms with Crippen LogP contribution >= 0.6 is 0 Å². The minimum absolute atomic E-state index is 0.595. The molecule has 0 aromatic heterocycles. The Morgan fingerprint density at radius 2 is 2.15 bits per heavy atom. The van der Waals surface area contributed by atoms with E-state index in [9.17, 15) is 0 Å². The van der Waals surface area contributed by atoms with Gasteiger partial charge in [0.15, 0.2) is 0 Å². The van der Waals surface area contributed by atoms with E-state index in [0.29, 0.717) is 11.3 Å². The molecule has 0 aliphatic heterocycles. The molecule has 1 N–H and O–H groups in total. The lowest BCUT2D eigenvalue weighted by molar-refractivity contribution is 0.412. The summed E-state index contributed by atoms with van der Waals surface area (Å²) in [6.45, 7) is 1.91. The van der Waals surface area contributed by atoms with Crippen LogP contribution in [0.25, 0.3) is 0 Å². The highest BCUT2D eigenvalue weighted by atomic mass is 16.5. The van der Waals surface area contributed by atoms with Crippen molar-refractivity contribution in [2.75, 3.05) is 13.7 Å². The van der Waals surface area contributed by atoms with Crippen LogP contribution < -0.4 is 10.1 Å². The van der Waals surface area contributed by atoms with E-state index in [2.05, 4.69) is 11.4 Å². The number of rotatable bonds is 7. The zero-order chi connectivity index (χ0) is 14.2. The van der Waals surface area contributed by atoms with Crippen LogP contribution in [0, 0.1) is 17.2 Å². The molecule has 1 aromatic carbocycles. The fraction of sp³-hybridized carbons (Fsp3) is 0.588. The molecule has 0 saturated heterocycles. The highest BCUT2D eigenvalue weighted by Crippen LogP contribution is 2.28. The van der Waals surface area contributed by atoms with Crippen LogP contribution in [0.3, 0.4) is 0 Å². The van der Waals surface area contributed by atoms with Gasteiger partial charge < -0.3 is 10.1 Å². The summed E-state index contributed by atoms with van der Waals surface area (Å²) in [5.41, 5.74) is 1.76. The predicted octanol–water partition coefficient (Wildman–Crippen LogP) is 3.63. The Labute approximate surface area is 121 Å². The number of nitrogens with zero attached hydrogens (tertiary/aromatic N) is 1. The zero-order valence-electron chi connectivity index (χ0n) is 12.3. The molecule has 0 spiro atoms. The molecule has 1 fully saturated rings. The Bertz CT molecular complexity index is 459. The van der Waals surface area contributed by atoms with E-state index in [1.54, 1.807) is 7.11 Å². The first-order valence-electron chi connectivity index (χ1n) is 7.61. The van der Waals surface area contributed by atoms with Crippen LogP contribution in [-0.2, 0) is 6.54 Å². The molecule has 0 radical (unpaired) electrons. The Morgan fingerprint density at radius 3 is 2.85 bits per heavy atom. The molecular formula is C17H24N2O. The number of hydrogen-bond acceptors (Lipinski definition) is 3. The number of nitriles is 1. The molecule has 0 unspecified atom stereocenters. The Balaban J connectivity index is 1.69. The second-order valence-electron chi connectivity index (χ2n) is 5.62. The first kappa shape index (κ1) is 14.9. The Hall–Kier alpha value is -1.53. The quantitative estimate of drug-likeness (QED) is 0.771. The van der Waals surface area contributed by atoms with Crippen molar-refractivity contribution in [3.63, 3.8) is 0 Å². The maximum atomic E-state index is 8.94. The molecule has 108 valence electrons. The van der Waals surface area contributed by atoms with E-state index in [1.807, 2.05) is 18.2 Å². The fourth-order valence-electron chi connectivity index (χ4n) is 2.99. The van der Waals surface area contributed by atoms with E-state index in [1.165, 1.54) is 44.1 Å². The number of methoxy groups -OCH3 is 1. The van der Waals surface area contributed by atoms with E-state index in [-0.39, 0.29) is 0 Å². The van der Waals surface area contributed by atoms with Gasteiger partial charge in [-0.3, -0.25) is 0 Å². The SMILES string of the molecule is COc1cc(CNCCCC2CCCC2)ccc1C#N. The normalized spacial score (nSPS) is 15.2.